The van der Waals surface area contributed by atoms with Gasteiger partial charge >= 0.3 is 0 Å². The molecule has 0 aromatic rings. The van der Waals surface area contributed by atoms with E-state index < -0.39 is 0 Å². The molecule has 0 heterocycles. The molecule has 0 radical (unpaired) electrons. The topological polar surface area (TPSA) is 17.1 Å². The summed E-state index contributed by atoms with van der Waals surface area (Å²) in [6.07, 6.45) is 2.00. The summed E-state index contributed by atoms with van der Waals surface area (Å²) in [6, 6.07) is 0. The minimum Gasteiger partial charge on any atom is -0.297 e. The molecule has 2 fully saturated rings. The van der Waals surface area contributed by atoms with E-state index in [2.05, 4.69) is 77.6 Å². The van der Waals surface area contributed by atoms with E-state index in [4.69, 9.17) is 0 Å². The highest BCUT2D eigenvalue weighted by Gasteiger charge is 2.75. The molecule has 86 valence electrons. The van der Waals surface area contributed by atoms with E-state index in [9.17, 15) is 4.79 Å². The van der Waals surface area contributed by atoms with E-state index in [0.717, 1.165) is 12.8 Å². The van der Waals surface area contributed by atoms with Crippen molar-refractivity contribution >= 4 is 69.5 Å². The molecule has 2 rings (SSSR count). The van der Waals surface area contributed by atoms with E-state index >= 15 is 0 Å². The van der Waals surface area contributed by atoms with E-state index in [0.29, 0.717) is 5.78 Å². The highest BCUT2D eigenvalue weighted by atomic mass is 79.9. The first kappa shape index (κ1) is 13.0. The zero-order chi connectivity index (χ0) is 11.6. The molecule has 5 heteroatoms. The fourth-order valence-corrected chi connectivity index (χ4v) is 6.71. The number of carbonyl (C=O) groups is 1. The molecular weight excluding hydrogens is 456 g/mol. The molecule has 0 amide bonds. The van der Waals surface area contributed by atoms with Gasteiger partial charge in [-0.15, -0.1) is 0 Å². The Labute approximate surface area is 124 Å². The normalized spacial score (nSPS) is 54.3. The van der Waals surface area contributed by atoms with Crippen molar-refractivity contribution in [3.05, 3.63) is 0 Å². The molecule has 2 aliphatic rings. The fourth-order valence-electron chi connectivity index (χ4n) is 2.99. The Bertz CT molecular complexity index is 331. The number of fused-ring (bicyclic) bond motifs is 2. The van der Waals surface area contributed by atoms with Crippen molar-refractivity contribution in [1.82, 2.24) is 0 Å². The van der Waals surface area contributed by atoms with Gasteiger partial charge < -0.3 is 0 Å². The smallest absolute Gasteiger partial charge is 0.159 e. The molecule has 4 atom stereocenters. The van der Waals surface area contributed by atoms with Gasteiger partial charge in [0.15, 0.2) is 5.78 Å². The average molecular weight is 468 g/mol. The number of rotatable bonds is 1. The second-order valence-electron chi connectivity index (χ2n) is 4.97. The van der Waals surface area contributed by atoms with Crippen molar-refractivity contribution in [3.63, 3.8) is 0 Å². The lowest BCUT2D eigenvalue weighted by Gasteiger charge is -2.43. The first-order valence-electron chi connectivity index (χ1n) is 4.87. The molecule has 1 nitrogen and oxygen atoms in total. The Hall–Kier alpha value is 1.59. The summed E-state index contributed by atoms with van der Waals surface area (Å²) in [5.74, 6) is 0.310. The number of hydrogen-bond donors (Lipinski definition) is 0. The summed E-state index contributed by atoms with van der Waals surface area (Å²) in [5.41, 5.74) is -0.353. The van der Waals surface area contributed by atoms with E-state index in [1.807, 2.05) is 0 Å². The van der Waals surface area contributed by atoms with Gasteiger partial charge in [-0.2, -0.15) is 0 Å². The van der Waals surface area contributed by atoms with Gasteiger partial charge in [0.2, 0.25) is 0 Å². The van der Waals surface area contributed by atoms with Crippen LogP contribution >= 0.6 is 63.7 Å². The monoisotopic (exact) mass is 464 g/mol. The van der Waals surface area contributed by atoms with Crippen molar-refractivity contribution in [2.24, 2.45) is 10.8 Å². The lowest BCUT2D eigenvalue weighted by Crippen LogP contribution is -2.47. The number of carbonyl (C=O) groups excluding carboxylic acids is 1. The van der Waals surface area contributed by atoms with Crippen LogP contribution in [0.5, 0.6) is 0 Å². The van der Waals surface area contributed by atoms with Crippen LogP contribution < -0.4 is 0 Å². The summed E-state index contributed by atoms with van der Waals surface area (Å²) in [5, 5.41) is 0. The molecule has 0 saturated heterocycles. The maximum atomic E-state index is 12.5. The molecule has 0 spiro atoms. The maximum Gasteiger partial charge on any atom is 0.159 e. The lowest BCUT2D eigenvalue weighted by molar-refractivity contribution is -0.131. The van der Waals surface area contributed by atoms with Gasteiger partial charge in [-0.25, -0.2) is 0 Å². The molecule has 2 aliphatic carbocycles. The Morgan fingerprint density at radius 2 is 1.87 bits per heavy atom. The first-order chi connectivity index (χ1) is 6.71. The quantitative estimate of drug-likeness (QED) is 0.523. The Morgan fingerprint density at radius 3 is 2.13 bits per heavy atom. The molecule has 2 saturated carbocycles. The van der Waals surface area contributed by atoms with Gasteiger partial charge in [0.25, 0.3) is 0 Å². The van der Waals surface area contributed by atoms with E-state index in [1.165, 1.54) is 0 Å². The number of ketones is 1. The van der Waals surface area contributed by atoms with E-state index in [-0.39, 0.29) is 23.7 Å². The fraction of sp³-hybridized carbons (Fsp3) is 0.900. The summed E-state index contributed by atoms with van der Waals surface area (Å²) in [4.78, 5) is 12.7. The summed E-state index contributed by atoms with van der Waals surface area (Å²) < 4.78 is -0.342. The molecule has 0 aromatic carbocycles. The molecule has 0 aliphatic heterocycles. The number of alkyl halides is 4. The average Bonchev–Trinajstić information content (AvgIpc) is 2.46. The van der Waals surface area contributed by atoms with Crippen LogP contribution in [0.1, 0.15) is 26.7 Å². The lowest BCUT2D eigenvalue weighted by atomic mass is 9.65. The van der Waals surface area contributed by atoms with Crippen LogP contribution in [-0.4, -0.2) is 18.7 Å². The summed E-state index contributed by atoms with van der Waals surface area (Å²) >= 11 is 14.5. The van der Waals surface area contributed by atoms with Crippen molar-refractivity contribution in [3.8, 4) is 0 Å². The van der Waals surface area contributed by atoms with Crippen LogP contribution in [0.2, 0.25) is 0 Å². The minimum absolute atomic E-state index is 0.00521. The van der Waals surface area contributed by atoms with Gasteiger partial charge in [-0.05, 0) is 18.3 Å². The van der Waals surface area contributed by atoms with Crippen molar-refractivity contribution < 1.29 is 4.79 Å². The maximum absolute atomic E-state index is 12.5. The summed E-state index contributed by atoms with van der Waals surface area (Å²) in [7, 11) is 0. The van der Waals surface area contributed by atoms with Crippen LogP contribution in [-0.2, 0) is 4.79 Å². The van der Waals surface area contributed by atoms with Gasteiger partial charge in [0.05, 0.1) is 13.5 Å². The minimum atomic E-state index is -0.365. The molecule has 15 heavy (non-hydrogen) atoms. The third-order valence-electron chi connectivity index (χ3n) is 4.44. The van der Waals surface area contributed by atoms with Crippen LogP contribution in [0.3, 0.4) is 0 Å². The van der Waals surface area contributed by atoms with Crippen molar-refractivity contribution in [1.29, 1.82) is 0 Å². The predicted molar refractivity (Wildman–Crippen MR) is 76.5 cm³/mol. The van der Waals surface area contributed by atoms with Crippen LogP contribution in [0.4, 0.5) is 0 Å². The third-order valence-corrected chi connectivity index (χ3v) is 9.89. The van der Waals surface area contributed by atoms with Crippen LogP contribution in [0.15, 0.2) is 0 Å². The number of halogens is 4. The largest absolute Gasteiger partial charge is 0.297 e. The van der Waals surface area contributed by atoms with E-state index in [1.54, 1.807) is 0 Å². The zero-order valence-electron chi connectivity index (χ0n) is 8.49. The Balaban J connectivity index is 2.59. The van der Waals surface area contributed by atoms with Gasteiger partial charge in [0.1, 0.15) is 0 Å². The third kappa shape index (κ3) is 1.27. The molecule has 0 N–H and O–H groups in total. The Morgan fingerprint density at radius 1 is 1.33 bits per heavy atom. The highest BCUT2D eigenvalue weighted by molar-refractivity contribution is 9.24. The molecular formula is C10H12Br4O. The second kappa shape index (κ2) is 3.55. The zero-order valence-corrected chi connectivity index (χ0v) is 14.8. The van der Waals surface area contributed by atoms with Gasteiger partial charge in [0, 0.05) is 4.83 Å². The van der Waals surface area contributed by atoms with Crippen LogP contribution in [0.25, 0.3) is 0 Å². The number of Topliss-reactive ketones (excluding diaryl/α,β-unsaturated/α-hetero) is 1. The predicted octanol–water partition coefficient (Wildman–Crippen LogP) is 4.39. The van der Waals surface area contributed by atoms with Crippen molar-refractivity contribution in [2.45, 2.75) is 39.6 Å². The number of hydrogen-bond acceptors (Lipinski definition) is 1. The molecule has 2 bridgehead atoms. The Kier molecular flexibility index (Phi) is 3.08. The first-order valence-corrected chi connectivity index (χ1v) is 8.41. The summed E-state index contributed by atoms with van der Waals surface area (Å²) in [6.45, 7) is 4.26. The molecule has 0 aromatic heterocycles. The van der Waals surface area contributed by atoms with Crippen LogP contribution in [0, 0.1) is 10.8 Å². The van der Waals surface area contributed by atoms with Gasteiger partial charge in [-0.3, -0.25) is 4.79 Å². The SMILES string of the molecule is C[C@@]1(C(Br)Br)C(=O)[C@]2(Br)CC[C@@]1(C)[C@@H]2Br. The second-order valence-corrected chi connectivity index (χ2v) is 10.4. The standard InChI is InChI=1S/C10H12Br4O/c1-8-3-4-10(14,5(8)11)6(15)9(8,2)7(12)13/h5,7H,3-4H2,1-2H3/t5-,8-,9-,10-/m0/s1. The van der Waals surface area contributed by atoms with Gasteiger partial charge in [-0.1, -0.05) is 77.6 Å². The highest BCUT2D eigenvalue weighted by Crippen LogP contribution is 2.71. The van der Waals surface area contributed by atoms with Crippen molar-refractivity contribution in [2.75, 3.05) is 0 Å². The molecule has 0 unspecified atom stereocenters.